The summed E-state index contributed by atoms with van der Waals surface area (Å²) in [5, 5.41) is -0.551. The van der Waals surface area contributed by atoms with E-state index in [0.717, 1.165) is 16.9 Å². The highest BCUT2D eigenvalue weighted by Gasteiger charge is 2.23. The molecule has 24 heavy (non-hydrogen) atoms. The number of methoxy groups -OCH3 is 1. The second-order valence-electron chi connectivity index (χ2n) is 5.70. The summed E-state index contributed by atoms with van der Waals surface area (Å²) in [6.45, 7) is 2.24. The lowest BCUT2D eigenvalue weighted by Gasteiger charge is -2.21. The molecule has 5 heteroatoms. The number of benzene rings is 2. The molecule has 0 bridgehead atoms. The summed E-state index contributed by atoms with van der Waals surface area (Å²) < 4.78 is 17.7. The predicted molar refractivity (Wildman–Crippen MR) is 97.2 cm³/mol. The number of nitrogens with zero attached hydrogens (tertiary/aromatic N) is 1. The van der Waals surface area contributed by atoms with Gasteiger partial charge in [0.05, 0.1) is 7.11 Å². The standard InChI is InChI=1S/C19H23NO3S/c1-15(19(21)20(2)13-16-8-5-4-6-9-16)24(22)14-17-10-7-11-18(12-17)23-3/h4-12,15H,13-14H2,1-3H3/t15-,24-/m0/s1. The molecule has 0 spiro atoms. The van der Waals surface area contributed by atoms with Crippen LogP contribution in [0.3, 0.4) is 0 Å². The van der Waals surface area contributed by atoms with Crippen molar-refractivity contribution in [3.8, 4) is 5.75 Å². The Morgan fingerprint density at radius 1 is 1.12 bits per heavy atom. The van der Waals surface area contributed by atoms with Crippen LogP contribution in [0.25, 0.3) is 0 Å². The molecule has 2 aromatic rings. The summed E-state index contributed by atoms with van der Waals surface area (Å²) in [7, 11) is 2.06. The monoisotopic (exact) mass is 345 g/mol. The fourth-order valence-corrected chi connectivity index (χ4v) is 3.57. The maximum atomic E-state index is 12.5. The van der Waals surface area contributed by atoms with Crippen molar-refractivity contribution in [2.75, 3.05) is 14.2 Å². The van der Waals surface area contributed by atoms with E-state index in [4.69, 9.17) is 4.74 Å². The smallest absolute Gasteiger partial charge is 0.238 e. The second-order valence-corrected chi connectivity index (χ2v) is 7.46. The molecule has 0 radical (unpaired) electrons. The Hall–Kier alpha value is -2.14. The van der Waals surface area contributed by atoms with Crippen molar-refractivity contribution < 1.29 is 13.7 Å². The van der Waals surface area contributed by atoms with Gasteiger partial charge in [-0.25, -0.2) is 0 Å². The molecular weight excluding hydrogens is 322 g/mol. The predicted octanol–water partition coefficient (Wildman–Crippen LogP) is 2.99. The van der Waals surface area contributed by atoms with Crippen molar-refractivity contribution in [1.29, 1.82) is 0 Å². The summed E-state index contributed by atoms with van der Waals surface area (Å²) in [5.41, 5.74) is 1.96. The third-order valence-electron chi connectivity index (χ3n) is 3.82. The maximum Gasteiger partial charge on any atom is 0.238 e. The second kappa shape index (κ2) is 8.64. The van der Waals surface area contributed by atoms with Gasteiger partial charge in [0, 0.05) is 30.1 Å². The first-order chi connectivity index (χ1) is 11.5. The fourth-order valence-electron chi connectivity index (χ4n) is 2.41. The van der Waals surface area contributed by atoms with E-state index in [2.05, 4.69) is 0 Å². The molecule has 0 heterocycles. The highest BCUT2D eigenvalue weighted by molar-refractivity contribution is 7.85. The van der Waals surface area contributed by atoms with Crippen molar-refractivity contribution in [2.45, 2.75) is 24.5 Å². The normalized spacial score (nSPS) is 13.1. The van der Waals surface area contributed by atoms with E-state index in [9.17, 15) is 9.00 Å². The van der Waals surface area contributed by atoms with Gasteiger partial charge in [-0.05, 0) is 30.2 Å². The largest absolute Gasteiger partial charge is 0.497 e. The van der Waals surface area contributed by atoms with Gasteiger partial charge < -0.3 is 9.64 Å². The van der Waals surface area contributed by atoms with E-state index in [-0.39, 0.29) is 5.91 Å². The molecule has 0 saturated heterocycles. The van der Waals surface area contributed by atoms with Gasteiger partial charge in [-0.3, -0.25) is 9.00 Å². The van der Waals surface area contributed by atoms with Crippen LogP contribution >= 0.6 is 0 Å². The van der Waals surface area contributed by atoms with Gasteiger partial charge >= 0.3 is 0 Å². The number of hydrogen-bond donors (Lipinski definition) is 0. The molecule has 128 valence electrons. The Bertz CT molecular complexity index is 703. The van der Waals surface area contributed by atoms with E-state index in [1.54, 1.807) is 26.0 Å². The number of ether oxygens (including phenoxy) is 1. The van der Waals surface area contributed by atoms with E-state index in [1.165, 1.54) is 0 Å². The summed E-state index contributed by atoms with van der Waals surface area (Å²) >= 11 is 0. The Labute approximate surface area is 145 Å². The van der Waals surface area contributed by atoms with Crippen LogP contribution in [-0.2, 0) is 27.9 Å². The van der Waals surface area contributed by atoms with E-state index < -0.39 is 16.0 Å². The number of carbonyl (C=O) groups excluding carboxylic acids is 1. The Morgan fingerprint density at radius 2 is 1.79 bits per heavy atom. The topological polar surface area (TPSA) is 46.6 Å². The zero-order valence-electron chi connectivity index (χ0n) is 14.3. The van der Waals surface area contributed by atoms with Gasteiger partial charge in [0.2, 0.25) is 5.91 Å². The summed E-state index contributed by atoms with van der Waals surface area (Å²) in [6, 6.07) is 17.2. The van der Waals surface area contributed by atoms with Gasteiger partial charge in [-0.1, -0.05) is 42.5 Å². The maximum absolute atomic E-state index is 12.5. The lowest BCUT2D eigenvalue weighted by Crippen LogP contribution is -2.37. The molecule has 0 aromatic heterocycles. The van der Waals surface area contributed by atoms with Gasteiger partial charge in [0.15, 0.2) is 0 Å². The lowest BCUT2D eigenvalue weighted by atomic mass is 10.2. The third kappa shape index (κ3) is 4.93. The molecule has 2 atom stereocenters. The highest BCUT2D eigenvalue weighted by atomic mass is 32.2. The van der Waals surface area contributed by atoms with Crippen molar-refractivity contribution in [2.24, 2.45) is 0 Å². The molecule has 0 aliphatic rings. The molecule has 2 rings (SSSR count). The van der Waals surface area contributed by atoms with Gasteiger partial charge in [0.25, 0.3) is 0 Å². The third-order valence-corrected chi connectivity index (χ3v) is 5.43. The number of hydrogen-bond acceptors (Lipinski definition) is 3. The Balaban J connectivity index is 1.97. The van der Waals surface area contributed by atoms with Crippen molar-refractivity contribution in [1.82, 2.24) is 4.90 Å². The van der Waals surface area contributed by atoms with Crippen LogP contribution < -0.4 is 4.74 Å². The van der Waals surface area contributed by atoms with Crippen molar-refractivity contribution >= 4 is 16.7 Å². The number of rotatable bonds is 7. The van der Waals surface area contributed by atoms with Crippen LogP contribution in [0.5, 0.6) is 5.75 Å². The summed E-state index contributed by atoms with van der Waals surface area (Å²) in [4.78, 5) is 14.1. The van der Waals surface area contributed by atoms with Gasteiger partial charge in [-0.15, -0.1) is 0 Å². The van der Waals surface area contributed by atoms with Crippen molar-refractivity contribution in [3.63, 3.8) is 0 Å². The van der Waals surface area contributed by atoms with Crippen molar-refractivity contribution in [3.05, 3.63) is 65.7 Å². The molecule has 0 N–H and O–H groups in total. The Kier molecular flexibility index (Phi) is 6.55. The van der Waals surface area contributed by atoms with Crippen LogP contribution in [-0.4, -0.2) is 34.4 Å². The summed E-state index contributed by atoms with van der Waals surface area (Å²) in [6.07, 6.45) is 0. The van der Waals surface area contributed by atoms with E-state index in [1.807, 2.05) is 54.6 Å². The summed E-state index contributed by atoms with van der Waals surface area (Å²) in [5.74, 6) is 0.952. The molecule has 0 aliphatic carbocycles. The first-order valence-corrected chi connectivity index (χ1v) is 9.18. The molecular formula is C19H23NO3S. The highest BCUT2D eigenvalue weighted by Crippen LogP contribution is 2.16. The lowest BCUT2D eigenvalue weighted by molar-refractivity contribution is -0.129. The quantitative estimate of drug-likeness (QED) is 0.775. The van der Waals surface area contributed by atoms with Crippen LogP contribution in [0, 0.1) is 0 Å². The van der Waals surface area contributed by atoms with Crippen LogP contribution in [0.4, 0.5) is 0 Å². The molecule has 4 nitrogen and oxygen atoms in total. The van der Waals surface area contributed by atoms with Crippen LogP contribution in [0.1, 0.15) is 18.1 Å². The minimum absolute atomic E-state index is 0.111. The van der Waals surface area contributed by atoms with E-state index >= 15 is 0 Å². The minimum atomic E-state index is -1.28. The Morgan fingerprint density at radius 3 is 2.46 bits per heavy atom. The molecule has 0 fully saturated rings. The minimum Gasteiger partial charge on any atom is -0.497 e. The number of amides is 1. The SMILES string of the molecule is COc1cccc(C[S@](=O)[C@@H](C)C(=O)N(C)Cc2ccccc2)c1. The molecule has 0 unspecified atom stereocenters. The van der Waals surface area contributed by atoms with Crippen LogP contribution in [0.2, 0.25) is 0 Å². The average molecular weight is 345 g/mol. The molecule has 2 aromatic carbocycles. The molecule has 0 saturated carbocycles. The zero-order valence-corrected chi connectivity index (χ0v) is 15.1. The fraction of sp³-hybridized carbons (Fsp3) is 0.316. The molecule has 1 amide bonds. The first kappa shape index (κ1) is 18.2. The van der Waals surface area contributed by atoms with Crippen LogP contribution in [0.15, 0.2) is 54.6 Å². The van der Waals surface area contributed by atoms with Gasteiger partial charge in [0.1, 0.15) is 11.0 Å². The number of carbonyl (C=O) groups is 1. The van der Waals surface area contributed by atoms with E-state index in [0.29, 0.717) is 12.3 Å². The zero-order chi connectivity index (χ0) is 17.5. The van der Waals surface area contributed by atoms with Gasteiger partial charge in [-0.2, -0.15) is 0 Å². The first-order valence-electron chi connectivity index (χ1n) is 7.80. The molecule has 0 aliphatic heterocycles. The average Bonchev–Trinajstić information content (AvgIpc) is 2.61.